The van der Waals surface area contributed by atoms with E-state index < -0.39 is 6.10 Å². The lowest BCUT2D eigenvalue weighted by atomic mass is 10.1. The van der Waals surface area contributed by atoms with Gasteiger partial charge >= 0.3 is 0 Å². The number of nitrogens with zero attached hydrogens (tertiary/aromatic N) is 1. The summed E-state index contributed by atoms with van der Waals surface area (Å²) >= 11 is 0. The van der Waals surface area contributed by atoms with Gasteiger partial charge in [-0.25, -0.2) is 0 Å². The lowest BCUT2D eigenvalue weighted by Crippen LogP contribution is -2.36. The average Bonchev–Trinajstić information content (AvgIpc) is 2.72. The van der Waals surface area contributed by atoms with Crippen molar-refractivity contribution in [3.05, 3.63) is 59.2 Å². The molecule has 0 saturated carbocycles. The fraction of sp³-hybridized carbons (Fsp3) is 0.458. The molecule has 1 fully saturated rings. The van der Waals surface area contributed by atoms with Crippen molar-refractivity contribution in [3.63, 3.8) is 0 Å². The number of benzene rings is 2. The normalized spacial score (nSPS) is 16.3. The Bertz CT molecular complexity index is 811. The van der Waals surface area contributed by atoms with E-state index in [0.29, 0.717) is 12.6 Å². The number of hydrogen-bond acceptors (Lipinski definition) is 4. The molecule has 1 amide bonds. The van der Waals surface area contributed by atoms with Crippen molar-refractivity contribution in [2.75, 3.05) is 20.1 Å². The molecule has 1 atom stereocenters. The topological polar surface area (TPSA) is 50.8 Å². The van der Waals surface area contributed by atoms with Gasteiger partial charge in [0.25, 0.3) is 5.91 Å². The number of rotatable bonds is 7. The molecule has 1 heterocycles. The lowest BCUT2D eigenvalue weighted by Gasteiger charge is -2.29. The van der Waals surface area contributed by atoms with Crippen LogP contribution >= 0.6 is 0 Å². The van der Waals surface area contributed by atoms with E-state index in [0.717, 1.165) is 54.1 Å². The second-order valence-electron chi connectivity index (χ2n) is 7.94. The zero-order valence-corrected chi connectivity index (χ0v) is 17.9. The van der Waals surface area contributed by atoms with Gasteiger partial charge in [-0.15, -0.1) is 0 Å². The van der Waals surface area contributed by atoms with Gasteiger partial charge in [-0.2, -0.15) is 0 Å². The lowest BCUT2D eigenvalue weighted by molar-refractivity contribution is -0.127. The van der Waals surface area contributed by atoms with Crippen molar-refractivity contribution in [3.8, 4) is 11.5 Å². The zero-order chi connectivity index (χ0) is 20.8. The molecule has 0 radical (unpaired) electrons. The Labute approximate surface area is 174 Å². The summed E-state index contributed by atoms with van der Waals surface area (Å²) in [5, 5.41) is 2.95. The minimum atomic E-state index is -0.553. The predicted octanol–water partition coefficient (Wildman–Crippen LogP) is 3.86. The number of piperidine rings is 1. The van der Waals surface area contributed by atoms with Gasteiger partial charge < -0.3 is 19.7 Å². The predicted molar refractivity (Wildman–Crippen MR) is 115 cm³/mol. The van der Waals surface area contributed by atoms with E-state index in [4.69, 9.17) is 9.47 Å². The summed E-state index contributed by atoms with van der Waals surface area (Å²) in [6, 6.07) is 13.8. The number of ether oxygens (including phenoxy) is 2. The standard InChI is InChI=1S/C24H32N2O3/c1-17-6-5-7-23(18(17)2)28-19(3)24(27)25-16-20-8-10-21(11-9-20)29-22-12-14-26(4)15-13-22/h5-11,19,22H,12-16H2,1-4H3,(H,25,27)/t19-/m0/s1. The Morgan fingerprint density at radius 3 is 2.52 bits per heavy atom. The third-order valence-corrected chi connectivity index (χ3v) is 5.59. The first-order valence-corrected chi connectivity index (χ1v) is 10.4. The van der Waals surface area contributed by atoms with Crippen LogP contribution in [0.3, 0.4) is 0 Å². The van der Waals surface area contributed by atoms with Crippen LogP contribution in [0.2, 0.25) is 0 Å². The minimum Gasteiger partial charge on any atom is -0.490 e. The Kier molecular flexibility index (Phi) is 7.15. The van der Waals surface area contributed by atoms with Crippen LogP contribution in [0.1, 0.15) is 36.5 Å². The number of aryl methyl sites for hydroxylation is 1. The number of amides is 1. The SMILES string of the molecule is Cc1cccc(O[C@@H](C)C(=O)NCc2ccc(OC3CCN(C)CC3)cc2)c1C. The smallest absolute Gasteiger partial charge is 0.261 e. The van der Waals surface area contributed by atoms with Gasteiger partial charge in [0.05, 0.1) is 0 Å². The molecular weight excluding hydrogens is 364 g/mol. The van der Waals surface area contributed by atoms with E-state index in [1.165, 1.54) is 0 Å². The molecule has 156 valence electrons. The third-order valence-electron chi connectivity index (χ3n) is 5.59. The highest BCUT2D eigenvalue weighted by molar-refractivity contribution is 5.80. The molecule has 0 aliphatic carbocycles. The zero-order valence-electron chi connectivity index (χ0n) is 17.9. The van der Waals surface area contributed by atoms with E-state index in [-0.39, 0.29) is 5.91 Å². The first-order valence-electron chi connectivity index (χ1n) is 10.4. The van der Waals surface area contributed by atoms with Gasteiger partial charge in [0.2, 0.25) is 0 Å². The number of nitrogens with one attached hydrogen (secondary N) is 1. The van der Waals surface area contributed by atoms with Crippen LogP contribution in [0.5, 0.6) is 11.5 Å². The summed E-state index contributed by atoms with van der Waals surface area (Å²) in [5.41, 5.74) is 3.25. The van der Waals surface area contributed by atoms with Gasteiger partial charge in [0, 0.05) is 19.6 Å². The van der Waals surface area contributed by atoms with Crippen LogP contribution < -0.4 is 14.8 Å². The van der Waals surface area contributed by atoms with Crippen molar-refractivity contribution in [2.24, 2.45) is 0 Å². The molecule has 1 aliphatic rings. The van der Waals surface area contributed by atoms with E-state index in [2.05, 4.69) is 17.3 Å². The summed E-state index contributed by atoms with van der Waals surface area (Å²) in [6.07, 6.45) is 1.86. The summed E-state index contributed by atoms with van der Waals surface area (Å²) in [5.74, 6) is 1.52. The maximum atomic E-state index is 12.4. The molecule has 5 nitrogen and oxygen atoms in total. The molecule has 29 heavy (non-hydrogen) atoms. The molecule has 2 aromatic carbocycles. The van der Waals surface area contributed by atoms with Gasteiger partial charge in [0.15, 0.2) is 6.10 Å². The molecule has 5 heteroatoms. The number of likely N-dealkylation sites (tertiary alicyclic amines) is 1. The van der Waals surface area contributed by atoms with Crippen LogP contribution in [0.15, 0.2) is 42.5 Å². The van der Waals surface area contributed by atoms with Crippen molar-refractivity contribution in [1.82, 2.24) is 10.2 Å². The van der Waals surface area contributed by atoms with Crippen LogP contribution in [0.4, 0.5) is 0 Å². The molecule has 1 saturated heterocycles. The summed E-state index contributed by atoms with van der Waals surface area (Å²) < 4.78 is 11.9. The quantitative estimate of drug-likeness (QED) is 0.772. The number of carbonyl (C=O) groups excluding carboxylic acids is 1. The first-order chi connectivity index (χ1) is 13.9. The number of hydrogen-bond donors (Lipinski definition) is 1. The monoisotopic (exact) mass is 396 g/mol. The Hall–Kier alpha value is -2.53. The largest absolute Gasteiger partial charge is 0.490 e. The maximum absolute atomic E-state index is 12.4. The van der Waals surface area contributed by atoms with Crippen molar-refractivity contribution >= 4 is 5.91 Å². The van der Waals surface area contributed by atoms with Gasteiger partial charge in [-0.3, -0.25) is 4.79 Å². The second-order valence-corrected chi connectivity index (χ2v) is 7.94. The third kappa shape index (κ3) is 5.97. The Morgan fingerprint density at radius 1 is 1.14 bits per heavy atom. The van der Waals surface area contributed by atoms with E-state index in [9.17, 15) is 4.79 Å². The van der Waals surface area contributed by atoms with Crippen LogP contribution in [-0.2, 0) is 11.3 Å². The van der Waals surface area contributed by atoms with E-state index >= 15 is 0 Å². The summed E-state index contributed by atoms with van der Waals surface area (Å²) in [6.45, 7) is 8.44. The average molecular weight is 397 g/mol. The second kappa shape index (κ2) is 9.79. The molecule has 0 aromatic heterocycles. The molecule has 0 spiro atoms. The highest BCUT2D eigenvalue weighted by atomic mass is 16.5. The highest BCUT2D eigenvalue weighted by Crippen LogP contribution is 2.22. The maximum Gasteiger partial charge on any atom is 0.261 e. The first kappa shape index (κ1) is 21.2. The fourth-order valence-corrected chi connectivity index (χ4v) is 3.41. The summed E-state index contributed by atoms with van der Waals surface area (Å²) in [4.78, 5) is 14.7. The van der Waals surface area contributed by atoms with Crippen LogP contribution in [0.25, 0.3) is 0 Å². The molecule has 0 bridgehead atoms. The molecule has 2 aromatic rings. The van der Waals surface area contributed by atoms with Crippen LogP contribution in [-0.4, -0.2) is 43.2 Å². The molecule has 3 rings (SSSR count). The molecule has 1 N–H and O–H groups in total. The van der Waals surface area contributed by atoms with Crippen molar-refractivity contribution in [1.29, 1.82) is 0 Å². The van der Waals surface area contributed by atoms with Crippen molar-refractivity contribution in [2.45, 2.75) is 52.4 Å². The van der Waals surface area contributed by atoms with Crippen molar-refractivity contribution < 1.29 is 14.3 Å². The van der Waals surface area contributed by atoms with E-state index in [1.54, 1.807) is 6.92 Å². The fourth-order valence-electron chi connectivity index (χ4n) is 3.41. The molecular formula is C24H32N2O3. The van der Waals surface area contributed by atoms with Gasteiger partial charge in [0.1, 0.15) is 17.6 Å². The summed E-state index contributed by atoms with van der Waals surface area (Å²) in [7, 11) is 2.15. The van der Waals surface area contributed by atoms with Crippen LogP contribution in [0, 0.1) is 13.8 Å². The van der Waals surface area contributed by atoms with Gasteiger partial charge in [-0.1, -0.05) is 24.3 Å². The van der Waals surface area contributed by atoms with Gasteiger partial charge in [-0.05, 0) is 75.5 Å². The van der Waals surface area contributed by atoms with E-state index in [1.807, 2.05) is 56.3 Å². The minimum absolute atomic E-state index is 0.127. The Balaban J connectivity index is 1.46. The Morgan fingerprint density at radius 2 is 1.83 bits per heavy atom. The number of carbonyl (C=O) groups is 1. The molecule has 0 unspecified atom stereocenters. The highest BCUT2D eigenvalue weighted by Gasteiger charge is 2.18. The molecule has 1 aliphatic heterocycles.